The first-order valence-corrected chi connectivity index (χ1v) is 11.1. The number of fused-ring (bicyclic) bond motifs is 4. The number of carbonyl (C=O) groups is 1. The lowest BCUT2D eigenvalue weighted by Gasteiger charge is -2.44. The number of benzene rings is 1. The van der Waals surface area contributed by atoms with Gasteiger partial charge in [-0.1, -0.05) is 12.1 Å². The highest BCUT2D eigenvalue weighted by atomic mass is 16.5. The molecule has 0 atom stereocenters. The second-order valence-electron chi connectivity index (χ2n) is 8.90. The van der Waals surface area contributed by atoms with Gasteiger partial charge in [0.15, 0.2) is 0 Å². The average Bonchev–Trinajstić information content (AvgIpc) is 3.18. The Morgan fingerprint density at radius 3 is 2.62 bits per heavy atom. The number of pyridine rings is 1. The zero-order valence-corrected chi connectivity index (χ0v) is 19.0. The fourth-order valence-electron chi connectivity index (χ4n) is 4.69. The minimum atomic E-state index is -0.465. The molecule has 166 valence electrons. The fraction of sp³-hybridized carbons (Fsp3) is 0.400. The maximum atomic E-state index is 13.2. The van der Waals surface area contributed by atoms with Crippen LogP contribution in [-0.4, -0.2) is 44.8 Å². The summed E-state index contributed by atoms with van der Waals surface area (Å²) in [4.78, 5) is 19.6. The predicted molar refractivity (Wildman–Crippen MR) is 121 cm³/mol. The van der Waals surface area contributed by atoms with Gasteiger partial charge in [-0.05, 0) is 45.0 Å². The molecular formula is C25H28N4O3. The van der Waals surface area contributed by atoms with E-state index in [1.807, 2.05) is 67.7 Å². The van der Waals surface area contributed by atoms with Gasteiger partial charge in [0.05, 0.1) is 11.8 Å². The lowest BCUT2D eigenvalue weighted by Crippen LogP contribution is -2.49. The van der Waals surface area contributed by atoms with Crippen LogP contribution in [0.3, 0.4) is 0 Å². The molecule has 0 aliphatic carbocycles. The van der Waals surface area contributed by atoms with Crippen LogP contribution < -0.4 is 9.47 Å². The van der Waals surface area contributed by atoms with E-state index in [2.05, 4.69) is 11.2 Å². The molecule has 2 aromatic heterocycles. The van der Waals surface area contributed by atoms with E-state index in [1.54, 1.807) is 6.07 Å². The van der Waals surface area contributed by atoms with Crippen molar-refractivity contribution in [3.05, 3.63) is 59.5 Å². The van der Waals surface area contributed by atoms with E-state index in [0.717, 1.165) is 28.3 Å². The van der Waals surface area contributed by atoms with E-state index in [0.29, 0.717) is 37.4 Å². The summed E-state index contributed by atoms with van der Waals surface area (Å²) < 4.78 is 14.2. The van der Waals surface area contributed by atoms with Crippen LogP contribution in [0.25, 0.3) is 11.3 Å². The molecule has 2 aliphatic heterocycles. The minimum Gasteiger partial charge on any atom is -0.489 e. The van der Waals surface area contributed by atoms with E-state index < -0.39 is 5.60 Å². The van der Waals surface area contributed by atoms with E-state index in [4.69, 9.17) is 14.6 Å². The Labute approximate surface area is 188 Å². The molecule has 7 nitrogen and oxygen atoms in total. The average molecular weight is 433 g/mol. The number of amides is 1. The molecule has 0 radical (unpaired) electrons. The molecular weight excluding hydrogens is 404 g/mol. The second-order valence-corrected chi connectivity index (χ2v) is 8.90. The minimum absolute atomic E-state index is 0.0540. The predicted octanol–water partition coefficient (Wildman–Crippen LogP) is 4.10. The van der Waals surface area contributed by atoms with Crippen molar-refractivity contribution in [1.82, 2.24) is 19.7 Å². The monoisotopic (exact) mass is 432 g/mol. The third-order valence-corrected chi connectivity index (χ3v) is 6.24. The molecule has 0 N–H and O–H groups in total. The number of likely N-dealkylation sites (tertiary alicyclic amines) is 1. The highest BCUT2D eigenvalue weighted by Gasteiger charge is 2.45. The van der Waals surface area contributed by atoms with Crippen LogP contribution in [0.1, 0.15) is 48.4 Å². The number of hydrogen-bond acceptors (Lipinski definition) is 5. The Morgan fingerprint density at radius 1 is 1.16 bits per heavy atom. The number of ether oxygens (including phenoxy) is 2. The molecule has 5 rings (SSSR count). The van der Waals surface area contributed by atoms with Crippen molar-refractivity contribution in [3.8, 4) is 22.8 Å². The van der Waals surface area contributed by atoms with Crippen LogP contribution in [0.5, 0.6) is 11.5 Å². The van der Waals surface area contributed by atoms with E-state index >= 15 is 0 Å². The second kappa shape index (κ2) is 7.65. The Hall–Kier alpha value is -3.35. The first-order chi connectivity index (χ1) is 15.4. The highest BCUT2D eigenvalue weighted by molar-refractivity contribution is 5.92. The van der Waals surface area contributed by atoms with Crippen LogP contribution in [0.2, 0.25) is 0 Å². The summed E-state index contributed by atoms with van der Waals surface area (Å²) in [7, 11) is 1.94. The summed E-state index contributed by atoms with van der Waals surface area (Å²) >= 11 is 0. The fourth-order valence-corrected chi connectivity index (χ4v) is 4.69. The zero-order chi connectivity index (χ0) is 22.5. The van der Waals surface area contributed by atoms with Crippen molar-refractivity contribution in [1.29, 1.82) is 0 Å². The smallest absolute Gasteiger partial charge is 0.272 e. The van der Waals surface area contributed by atoms with Crippen LogP contribution in [-0.2, 0) is 12.6 Å². The maximum Gasteiger partial charge on any atom is 0.272 e. The van der Waals surface area contributed by atoms with E-state index in [9.17, 15) is 4.79 Å². The number of carbonyl (C=O) groups excluding carboxylic acids is 1. The number of hydrogen-bond donors (Lipinski definition) is 0. The van der Waals surface area contributed by atoms with Crippen LogP contribution >= 0.6 is 0 Å². The third kappa shape index (κ3) is 3.42. The SMILES string of the molecule is Cc1nc(C(=O)N2CCC3(CC2)Oc2ccccc2-c2nn(C)cc23)ccc1OC(C)C. The number of aromatic nitrogens is 3. The van der Waals surface area contributed by atoms with Crippen molar-refractivity contribution < 1.29 is 14.3 Å². The van der Waals surface area contributed by atoms with Gasteiger partial charge in [-0.15, -0.1) is 0 Å². The van der Waals surface area contributed by atoms with Gasteiger partial charge < -0.3 is 14.4 Å². The van der Waals surface area contributed by atoms with Crippen LogP contribution in [0, 0.1) is 6.92 Å². The number of nitrogens with zero attached hydrogens (tertiary/aromatic N) is 4. The molecule has 0 unspecified atom stereocenters. The number of aryl methyl sites for hydroxylation is 2. The van der Waals surface area contributed by atoms with Gasteiger partial charge >= 0.3 is 0 Å². The number of rotatable bonds is 3. The number of para-hydroxylation sites is 1. The molecule has 32 heavy (non-hydrogen) atoms. The van der Waals surface area contributed by atoms with Gasteiger partial charge in [0.1, 0.15) is 28.5 Å². The standard InChI is InChI=1S/C25H28N4O3/c1-16(2)31-21-10-9-20(26-17(21)3)24(30)29-13-11-25(12-14-29)19-15-28(4)27-23(19)18-7-5-6-8-22(18)32-25/h5-10,15-16H,11-14H2,1-4H3. The quantitative estimate of drug-likeness (QED) is 0.623. The number of piperidine rings is 1. The maximum absolute atomic E-state index is 13.2. The van der Waals surface area contributed by atoms with Gasteiger partial charge in [0.25, 0.3) is 5.91 Å². The molecule has 0 bridgehead atoms. The Kier molecular flexibility index (Phi) is 4.92. The third-order valence-electron chi connectivity index (χ3n) is 6.24. The molecule has 2 aliphatic rings. The summed E-state index contributed by atoms with van der Waals surface area (Å²) in [5.41, 5.74) is 3.82. The van der Waals surface area contributed by atoms with Crippen molar-refractivity contribution in [2.24, 2.45) is 7.05 Å². The van der Waals surface area contributed by atoms with Gasteiger partial charge in [-0.3, -0.25) is 9.48 Å². The van der Waals surface area contributed by atoms with Crippen molar-refractivity contribution in [3.63, 3.8) is 0 Å². The topological polar surface area (TPSA) is 69.5 Å². The molecule has 7 heteroatoms. The first-order valence-electron chi connectivity index (χ1n) is 11.1. The summed E-state index contributed by atoms with van der Waals surface area (Å²) in [6.07, 6.45) is 3.54. The Morgan fingerprint density at radius 2 is 1.91 bits per heavy atom. The summed E-state index contributed by atoms with van der Waals surface area (Å²) in [5, 5.41) is 4.72. The normalized spacial score (nSPS) is 16.5. The molecule has 1 fully saturated rings. The lowest BCUT2D eigenvalue weighted by atomic mass is 9.81. The lowest BCUT2D eigenvalue weighted by molar-refractivity contribution is -0.00184. The first kappa shape index (κ1) is 20.5. The van der Waals surface area contributed by atoms with Crippen molar-refractivity contribution in [2.75, 3.05) is 13.1 Å². The highest BCUT2D eigenvalue weighted by Crippen LogP contribution is 2.48. The van der Waals surface area contributed by atoms with Crippen LogP contribution in [0.4, 0.5) is 0 Å². The molecule has 1 saturated heterocycles. The summed E-state index contributed by atoms with van der Waals surface area (Å²) in [6.45, 7) is 7.01. The Balaban J connectivity index is 1.36. The van der Waals surface area contributed by atoms with Crippen LogP contribution in [0.15, 0.2) is 42.6 Å². The molecule has 3 aromatic rings. The Bertz CT molecular complexity index is 1180. The molecule has 0 saturated carbocycles. The largest absolute Gasteiger partial charge is 0.489 e. The molecule has 1 spiro atoms. The zero-order valence-electron chi connectivity index (χ0n) is 19.0. The summed E-state index contributed by atoms with van der Waals surface area (Å²) in [6, 6.07) is 11.6. The summed E-state index contributed by atoms with van der Waals surface area (Å²) in [5.74, 6) is 1.52. The van der Waals surface area contributed by atoms with Gasteiger partial charge in [0.2, 0.25) is 0 Å². The van der Waals surface area contributed by atoms with E-state index in [-0.39, 0.29) is 12.0 Å². The van der Waals surface area contributed by atoms with Crippen molar-refractivity contribution >= 4 is 5.91 Å². The van der Waals surface area contributed by atoms with Gasteiger partial charge in [-0.2, -0.15) is 5.10 Å². The molecule has 1 aromatic carbocycles. The van der Waals surface area contributed by atoms with Gasteiger partial charge in [-0.25, -0.2) is 4.98 Å². The van der Waals surface area contributed by atoms with Gasteiger partial charge in [0, 0.05) is 50.3 Å². The van der Waals surface area contributed by atoms with Crippen molar-refractivity contribution in [2.45, 2.75) is 45.3 Å². The molecule has 1 amide bonds. The van der Waals surface area contributed by atoms with E-state index in [1.165, 1.54) is 0 Å². The molecule has 4 heterocycles.